The zero-order valence-electron chi connectivity index (χ0n) is 5.38. The minimum Gasteiger partial charge on any atom is -0.242 e. The van der Waals surface area contributed by atoms with Gasteiger partial charge in [0.05, 0.1) is 5.69 Å². The molecule has 0 bridgehead atoms. The molecular formula is C6H6Cl2N2. The molecule has 0 aromatic carbocycles. The van der Waals surface area contributed by atoms with Crippen LogP contribution in [0, 0.1) is 6.92 Å². The summed E-state index contributed by atoms with van der Waals surface area (Å²) in [6.45, 7) is 1.79. The van der Waals surface area contributed by atoms with Gasteiger partial charge in [-0.05, 0) is 13.0 Å². The van der Waals surface area contributed by atoms with Crippen molar-refractivity contribution in [2.45, 2.75) is 11.8 Å². The predicted octanol–water partition coefficient (Wildman–Crippen LogP) is 2.26. The Bertz CT molecular complexity index is 225. The highest BCUT2D eigenvalue weighted by Crippen LogP contribution is 2.21. The molecule has 0 saturated carbocycles. The zero-order chi connectivity index (χ0) is 7.56. The predicted molar refractivity (Wildman–Crippen MR) is 41.2 cm³/mol. The number of aryl methyl sites for hydroxylation is 1. The Morgan fingerprint density at radius 2 is 2.20 bits per heavy atom. The van der Waals surface area contributed by atoms with Crippen molar-refractivity contribution in [1.29, 1.82) is 0 Å². The number of halogens is 2. The monoisotopic (exact) mass is 176 g/mol. The van der Waals surface area contributed by atoms with Crippen LogP contribution in [0.5, 0.6) is 0 Å². The summed E-state index contributed by atoms with van der Waals surface area (Å²) in [6.07, 6.45) is 1.63. The van der Waals surface area contributed by atoms with Crippen molar-refractivity contribution in [1.82, 2.24) is 9.97 Å². The molecule has 0 N–H and O–H groups in total. The van der Waals surface area contributed by atoms with Crippen molar-refractivity contribution >= 4 is 23.2 Å². The molecule has 0 spiro atoms. The highest BCUT2D eigenvalue weighted by atomic mass is 35.5. The molecule has 0 radical (unpaired) electrons. The molecular weight excluding hydrogens is 171 g/mol. The number of rotatable bonds is 1. The van der Waals surface area contributed by atoms with Crippen LogP contribution in [0.3, 0.4) is 0 Å². The maximum Gasteiger partial charge on any atom is 0.149 e. The first-order valence-electron chi connectivity index (χ1n) is 2.78. The molecule has 1 aromatic rings. The fraction of sp³-hybridized carbons (Fsp3) is 0.333. The fourth-order valence-electron chi connectivity index (χ4n) is 0.596. The van der Waals surface area contributed by atoms with E-state index < -0.39 is 4.84 Å². The Labute approximate surface area is 69.2 Å². The maximum atomic E-state index is 5.55. The van der Waals surface area contributed by atoms with Gasteiger partial charge >= 0.3 is 0 Å². The highest BCUT2D eigenvalue weighted by molar-refractivity contribution is 6.43. The van der Waals surface area contributed by atoms with Crippen molar-refractivity contribution in [3.05, 3.63) is 23.8 Å². The first-order chi connectivity index (χ1) is 4.70. The van der Waals surface area contributed by atoms with E-state index in [9.17, 15) is 0 Å². The molecule has 0 aliphatic rings. The molecule has 1 heterocycles. The van der Waals surface area contributed by atoms with E-state index in [-0.39, 0.29) is 0 Å². The average molecular weight is 177 g/mol. The molecule has 0 fully saturated rings. The summed E-state index contributed by atoms with van der Waals surface area (Å²) in [4.78, 5) is 7.34. The lowest BCUT2D eigenvalue weighted by Crippen LogP contribution is -1.92. The second-order valence-corrected chi connectivity index (χ2v) is 2.93. The van der Waals surface area contributed by atoms with Gasteiger partial charge in [0.1, 0.15) is 10.7 Å². The standard InChI is InChI=1S/C6H6Cl2N2/c1-4-9-3-2-5(10-4)6(7)8/h2-3,6H,1H3. The Morgan fingerprint density at radius 3 is 2.60 bits per heavy atom. The van der Waals surface area contributed by atoms with E-state index in [1.807, 2.05) is 0 Å². The average Bonchev–Trinajstić information content (AvgIpc) is 1.88. The summed E-state index contributed by atoms with van der Waals surface area (Å²) in [7, 11) is 0. The van der Waals surface area contributed by atoms with Gasteiger partial charge in [0, 0.05) is 6.20 Å². The lowest BCUT2D eigenvalue weighted by molar-refractivity contribution is 0.992. The summed E-state index contributed by atoms with van der Waals surface area (Å²) in [5, 5.41) is 0. The molecule has 0 saturated heterocycles. The lowest BCUT2D eigenvalue weighted by atomic mass is 10.4. The number of hydrogen-bond donors (Lipinski definition) is 0. The third-order valence-corrected chi connectivity index (χ3v) is 1.47. The van der Waals surface area contributed by atoms with Gasteiger partial charge in [-0.15, -0.1) is 0 Å². The summed E-state index contributed by atoms with van der Waals surface area (Å²) in [6, 6.07) is 1.69. The molecule has 4 heteroatoms. The Balaban J connectivity index is 2.96. The molecule has 0 aliphatic carbocycles. The molecule has 2 nitrogen and oxygen atoms in total. The quantitative estimate of drug-likeness (QED) is 0.614. The van der Waals surface area contributed by atoms with Crippen LogP contribution in [0.1, 0.15) is 16.4 Å². The van der Waals surface area contributed by atoms with Gasteiger partial charge in [-0.3, -0.25) is 0 Å². The van der Waals surface area contributed by atoms with Crippen LogP contribution in [0.15, 0.2) is 12.3 Å². The maximum absolute atomic E-state index is 5.55. The number of aromatic nitrogens is 2. The summed E-state index contributed by atoms with van der Waals surface area (Å²) < 4.78 is 0. The van der Waals surface area contributed by atoms with Crippen LogP contribution >= 0.6 is 23.2 Å². The van der Waals surface area contributed by atoms with Gasteiger partial charge in [0.15, 0.2) is 0 Å². The largest absolute Gasteiger partial charge is 0.242 e. The van der Waals surface area contributed by atoms with E-state index >= 15 is 0 Å². The van der Waals surface area contributed by atoms with Crippen LogP contribution in [-0.2, 0) is 0 Å². The van der Waals surface area contributed by atoms with E-state index in [4.69, 9.17) is 23.2 Å². The van der Waals surface area contributed by atoms with Crippen molar-refractivity contribution < 1.29 is 0 Å². The van der Waals surface area contributed by atoms with Gasteiger partial charge in [0.25, 0.3) is 0 Å². The molecule has 0 unspecified atom stereocenters. The minimum absolute atomic E-state index is 0.554. The van der Waals surface area contributed by atoms with Crippen molar-refractivity contribution in [3.63, 3.8) is 0 Å². The van der Waals surface area contributed by atoms with Gasteiger partial charge in [-0.25, -0.2) is 9.97 Å². The zero-order valence-corrected chi connectivity index (χ0v) is 6.89. The smallest absolute Gasteiger partial charge is 0.149 e. The Kier molecular flexibility index (Phi) is 2.46. The van der Waals surface area contributed by atoms with Crippen LogP contribution in [0.4, 0.5) is 0 Å². The molecule has 0 atom stereocenters. The lowest BCUT2D eigenvalue weighted by Gasteiger charge is -1.98. The Hall–Kier alpha value is -0.340. The van der Waals surface area contributed by atoms with Gasteiger partial charge < -0.3 is 0 Å². The Morgan fingerprint density at radius 1 is 1.50 bits per heavy atom. The van der Waals surface area contributed by atoms with Crippen LogP contribution in [0.2, 0.25) is 0 Å². The van der Waals surface area contributed by atoms with Crippen molar-refractivity contribution in [2.75, 3.05) is 0 Å². The molecule has 0 amide bonds. The second kappa shape index (κ2) is 3.17. The molecule has 0 aliphatic heterocycles. The van der Waals surface area contributed by atoms with E-state index in [1.165, 1.54) is 0 Å². The van der Waals surface area contributed by atoms with E-state index in [0.717, 1.165) is 0 Å². The number of nitrogens with zero attached hydrogens (tertiary/aromatic N) is 2. The first kappa shape index (κ1) is 7.76. The molecule has 54 valence electrons. The minimum atomic E-state index is -0.554. The van der Waals surface area contributed by atoms with Gasteiger partial charge in [0.2, 0.25) is 0 Å². The molecule has 1 aromatic heterocycles. The van der Waals surface area contributed by atoms with E-state index in [1.54, 1.807) is 19.2 Å². The normalized spacial score (nSPS) is 10.4. The SMILES string of the molecule is Cc1nccc(C(Cl)Cl)n1. The number of alkyl halides is 2. The van der Waals surface area contributed by atoms with E-state index in [0.29, 0.717) is 11.5 Å². The van der Waals surface area contributed by atoms with Crippen molar-refractivity contribution in [3.8, 4) is 0 Å². The molecule has 1 rings (SSSR count). The summed E-state index contributed by atoms with van der Waals surface area (Å²) >= 11 is 11.1. The van der Waals surface area contributed by atoms with Crippen LogP contribution in [0.25, 0.3) is 0 Å². The third-order valence-electron chi connectivity index (χ3n) is 1.02. The third kappa shape index (κ3) is 1.82. The fourth-order valence-corrected chi connectivity index (χ4v) is 0.839. The van der Waals surface area contributed by atoms with Crippen molar-refractivity contribution in [2.24, 2.45) is 0 Å². The molecule has 10 heavy (non-hydrogen) atoms. The topological polar surface area (TPSA) is 25.8 Å². The van der Waals surface area contributed by atoms with Crippen LogP contribution in [-0.4, -0.2) is 9.97 Å². The summed E-state index contributed by atoms with van der Waals surface area (Å²) in [5.74, 6) is 0.684. The summed E-state index contributed by atoms with van der Waals surface area (Å²) in [5.41, 5.74) is 0.649. The second-order valence-electron chi connectivity index (χ2n) is 1.83. The van der Waals surface area contributed by atoms with Crippen LogP contribution < -0.4 is 0 Å². The van der Waals surface area contributed by atoms with E-state index in [2.05, 4.69) is 9.97 Å². The van der Waals surface area contributed by atoms with Gasteiger partial charge in [-0.2, -0.15) is 0 Å². The highest BCUT2D eigenvalue weighted by Gasteiger charge is 2.03. The van der Waals surface area contributed by atoms with Gasteiger partial charge in [-0.1, -0.05) is 23.2 Å². The first-order valence-corrected chi connectivity index (χ1v) is 3.65. The number of hydrogen-bond acceptors (Lipinski definition) is 2.